The number of pyridine rings is 1. The van der Waals surface area contributed by atoms with Crippen molar-refractivity contribution in [2.75, 3.05) is 11.1 Å². The summed E-state index contributed by atoms with van der Waals surface area (Å²) in [4.78, 5) is 25.3. The molecule has 3 aromatic heterocycles. The van der Waals surface area contributed by atoms with Crippen molar-refractivity contribution in [3.05, 3.63) is 66.2 Å². The van der Waals surface area contributed by atoms with Crippen molar-refractivity contribution in [2.45, 2.75) is 49.4 Å². The van der Waals surface area contributed by atoms with Crippen LogP contribution in [0, 0.1) is 0 Å². The van der Waals surface area contributed by atoms with E-state index in [2.05, 4.69) is 24.8 Å². The Balaban J connectivity index is 1.32. The lowest BCUT2D eigenvalue weighted by molar-refractivity contribution is -0.137. The van der Waals surface area contributed by atoms with E-state index in [0.29, 0.717) is 5.82 Å². The summed E-state index contributed by atoms with van der Waals surface area (Å²) in [6.07, 6.45) is 4.75. The van der Waals surface area contributed by atoms with Crippen LogP contribution in [0.1, 0.15) is 48.0 Å². The van der Waals surface area contributed by atoms with E-state index in [1.54, 1.807) is 24.3 Å². The van der Waals surface area contributed by atoms with Crippen LogP contribution in [0.25, 0.3) is 22.2 Å². The number of nitrogens with one attached hydrogen (secondary N) is 1. The number of halogens is 3. The molecule has 4 aromatic rings. The standard InChI is InChI=1S/C26H24F3N7O/c27-26(28,29)17-5-10-32-19(11-17)35-23(37)16-3-1-15(2-4-16)18-12-36(22-20(18)21(30)33-14-34-22)25-8-6-24(31,13-25)7-9-25/h1-5,10-12,14H,6-9,13,31H2,(H2,30,33,34)(H,32,35,37). The van der Waals surface area contributed by atoms with Crippen molar-refractivity contribution in [3.8, 4) is 11.1 Å². The van der Waals surface area contributed by atoms with Gasteiger partial charge in [-0.05, 0) is 61.9 Å². The SMILES string of the molecule is Nc1ncnc2c1c(-c1ccc(C(=O)Nc3cc(C(F)(F)F)ccn3)cc1)cn2C12CCC(N)(CC1)C2. The van der Waals surface area contributed by atoms with Crippen molar-refractivity contribution in [2.24, 2.45) is 5.73 Å². The number of nitrogens with two attached hydrogens (primary N) is 2. The largest absolute Gasteiger partial charge is 0.416 e. The van der Waals surface area contributed by atoms with Crippen LogP contribution in [0.5, 0.6) is 0 Å². The summed E-state index contributed by atoms with van der Waals surface area (Å²) in [5, 5.41) is 3.16. The van der Waals surface area contributed by atoms with E-state index < -0.39 is 17.6 Å². The van der Waals surface area contributed by atoms with Gasteiger partial charge < -0.3 is 21.4 Å². The van der Waals surface area contributed by atoms with Gasteiger partial charge in [0.05, 0.1) is 10.9 Å². The number of rotatable bonds is 4. The molecule has 2 aliphatic rings. The third-order valence-corrected chi connectivity index (χ3v) is 7.77. The molecule has 0 atom stereocenters. The number of nitrogens with zero attached hydrogens (tertiary/aromatic N) is 4. The third-order valence-electron chi connectivity index (χ3n) is 7.77. The fourth-order valence-electron chi connectivity index (χ4n) is 5.88. The Hall–Kier alpha value is -3.99. The molecule has 2 fully saturated rings. The average Bonchev–Trinajstić information content (AvgIpc) is 3.54. The summed E-state index contributed by atoms with van der Waals surface area (Å²) in [5.41, 5.74) is 14.4. The van der Waals surface area contributed by atoms with Gasteiger partial charge in [-0.15, -0.1) is 0 Å². The Morgan fingerprint density at radius 1 is 1.03 bits per heavy atom. The lowest BCUT2D eigenvalue weighted by atomic mass is 9.91. The van der Waals surface area contributed by atoms with Crippen LogP contribution in [0.4, 0.5) is 24.8 Å². The number of aromatic nitrogens is 4. The lowest BCUT2D eigenvalue weighted by Gasteiger charge is -2.29. The summed E-state index contributed by atoms with van der Waals surface area (Å²) in [6.45, 7) is 0. The minimum Gasteiger partial charge on any atom is -0.383 e. The maximum Gasteiger partial charge on any atom is 0.416 e. The number of amides is 1. The van der Waals surface area contributed by atoms with E-state index in [1.807, 2.05) is 6.20 Å². The topological polar surface area (TPSA) is 125 Å². The van der Waals surface area contributed by atoms with Gasteiger partial charge >= 0.3 is 6.18 Å². The normalized spacial score (nSPS) is 23.0. The number of benzene rings is 1. The van der Waals surface area contributed by atoms with Crippen molar-refractivity contribution >= 4 is 28.6 Å². The summed E-state index contributed by atoms with van der Waals surface area (Å²) in [5.74, 6) is -0.387. The molecule has 1 aromatic carbocycles. The van der Waals surface area contributed by atoms with Crippen LogP contribution in [0.15, 0.2) is 55.1 Å². The van der Waals surface area contributed by atoms with E-state index in [-0.39, 0.29) is 22.5 Å². The van der Waals surface area contributed by atoms with Crippen molar-refractivity contribution in [1.82, 2.24) is 19.5 Å². The molecule has 8 nitrogen and oxygen atoms in total. The van der Waals surface area contributed by atoms with Crippen LogP contribution in [0.3, 0.4) is 0 Å². The molecular weight excluding hydrogens is 483 g/mol. The summed E-state index contributed by atoms with van der Waals surface area (Å²) in [6, 6.07) is 8.40. The fraction of sp³-hybridized carbons (Fsp3) is 0.308. The molecule has 0 radical (unpaired) electrons. The molecule has 190 valence electrons. The van der Waals surface area contributed by atoms with Crippen molar-refractivity contribution < 1.29 is 18.0 Å². The molecule has 2 aliphatic carbocycles. The molecule has 2 saturated carbocycles. The van der Waals surface area contributed by atoms with Crippen molar-refractivity contribution in [1.29, 1.82) is 0 Å². The van der Waals surface area contributed by atoms with E-state index >= 15 is 0 Å². The first-order valence-electron chi connectivity index (χ1n) is 11.9. The van der Waals surface area contributed by atoms with E-state index in [1.165, 1.54) is 6.33 Å². The average molecular weight is 508 g/mol. The number of alkyl halides is 3. The number of nitrogen functional groups attached to an aromatic ring is 1. The summed E-state index contributed by atoms with van der Waals surface area (Å²) < 4.78 is 41.1. The van der Waals surface area contributed by atoms with Gasteiger partial charge in [0.15, 0.2) is 0 Å². The quantitative estimate of drug-likeness (QED) is 0.367. The van der Waals surface area contributed by atoms with Crippen LogP contribution >= 0.6 is 0 Å². The van der Waals surface area contributed by atoms with Gasteiger partial charge in [-0.25, -0.2) is 15.0 Å². The fourth-order valence-corrected chi connectivity index (χ4v) is 5.88. The molecule has 2 bridgehead atoms. The van der Waals surface area contributed by atoms with Crippen LogP contribution < -0.4 is 16.8 Å². The molecule has 37 heavy (non-hydrogen) atoms. The smallest absolute Gasteiger partial charge is 0.383 e. The maximum absolute atomic E-state index is 13.0. The zero-order chi connectivity index (χ0) is 26.0. The monoisotopic (exact) mass is 507 g/mol. The number of fused-ring (bicyclic) bond motifs is 3. The Labute approximate surface area is 209 Å². The number of hydrogen-bond donors (Lipinski definition) is 3. The number of anilines is 2. The number of carbonyl (C=O) groups is 1. The number of hydrogen-bond acceptors (Lipinski definition) is 6. The highest BCUT2D eigenvalue weighted by Gasteiger charge is 2.53. The third kappa shape index (κ3) is 3.90. The predicted octanol–water partition coefficient (Wildman–Crippen LogP) is 4.72. The van der Waals surface area contributed by atoms with Gasteiger partial charge in [-0.3, -0.25) is 4.79 Å². The maximum atomic E-state index is 13.0. The zero-order valence-corrected chi connectivity index (χ0v) is 19.7. The first-order valence-corrected chi connectivity index (χ1v) is 11.9. The molecule has 0 spiro atoms. The molecule has 5 N–H and O–H groups in total. The second kappa shape index (κ2) is 8.01. The lowest BCUT2D eigenvalue weighted by Crippen LogP contribution is -2.33. The van der Waals surface area contributed by atoms with Crippen LogP contribution in [-0.4, -0.2) is 31.0 Å². The Morgan fingerprint density at radius 3 is 2.41 bits per heavy atom. The molecule has 0 saturated heterocycles. The van der Waals surface area contributed by atoms with Gasteiger partial charge in [0, 0.05) is 34.6 Å². The molecule has 3 heterocycles. The first-order chi connectivity index (χ1) is 17.6. The van der Waals surface area contributed by atoms with Crippen molar-refractivity contribution in [3.63, 3.8) is 0 Å². The molecule has 11 heteroatoms. The van der Waals surface area contributed by atoms with Crippen LogP contribution in [0.2, 0.25) is 0 Å². The first kappa shape index (κ1) is 23.4. The van der Waals surface area contributed by atoms with E-state index in [9.17, 15) is 18.0 Å². The molecule has 0 unspecified atom stereocenters. The number of carbonyl (C=O) groups excluding carboxylic acids is 1. The highest BCUT2D eigenvalue weighted by molar-refractivity contribution is 6.05. The van der Waals surface area contributed by atoms with Gasteiger partial charge in [-0.1, -0.05) is 12.1 Å². The minimum absolute atomic E-state index is 0.107. The Bertz CT molecular complexity index is 1520. The second-order valence-corrected chi connectivity index (χ2v) is 10.1. The minimum atomic E-state index is -4.53. The Kier molecular flexibility index (Phi) is 5.07. The molecule has 0 aliphatic heterocycles. The molecule has 6 rings (SSSR count). The van der Waals surface area contributed by atoms with Gasteiger partial charge in [0.1, 0.15) is 23.6 Å². The van der Waals surface area contributed by atoms with E-state index in [0.717, 1.165) is 72.6 Å². The van der Waals surface area contributed by atoms with Gasteiger partial charge in [0.2, 0.25) is 0 Å². The van der Waals surface area contributed by atoms with Gasteiger partial charge in [0.25, 0.3) is 5.91 Å². The molecular formula is C26H24F3N7O. The zero-order valence-electron chi connectivity index (χ0n) is 19.7. The summed E-state index contributed by atoms with van der Waals surface area (Å²) >= 11 is 0. The highest BCUT2D eigenvalue weighted by Crippen LogP contribution is 2.55. The van der Waals surface area contributed by atoms with Crippen LogP contribution in [-0.2, 0) is 11.7 Å². The summed E-state index contributed by atoms with van der Waals surface area (Å²) in [7, 11) is 0. The Morgan fingerprint density at radius 2 is 1.76 bits per heavy atom. The van der Waals surface area contributed by atoms with Gasteiger partial charge in [-0.2, -0.15) is 13.2 Å². The predicted molar refractivity (Wildman–Crippen MR) is 133 cm³/mol. The molecule has 1 amide bonds. The highest BCUT2D eigenvalue weighted by atomic mass is 19.4. The van der Waals surface area contributed by atoms with E-state index in [4.69, 9.17) is 11.5 Å². The second-order valence-electron chi connectivity index (χ2n) is 10.1.